The van der Waals surface area contributed by atoms with Crippen LogP contribution in [-0.4, -0.2) is 55.5 Å². The SMILES string of the molecule is C[C@H]1CC(C#N)C[C@@H](COc2cc(C(F)(F)F)c3c(c2)ncn3C2CC(C)(O)C2)N1C(=O)OC(C)(C)C. The largest absolute Gasteiger partial charge is 0.491 e. The molecule has 202 valence electrons. The zero-order chi connectivity index (χ0) is 27.3. The summed E-state index contributed by atoms with van der Waals surface area (Å²) in [5.41, 5.74) is -2.42. The Morgan fingerprint density at radius 2 is 1.95 bits per heavy atom. The van der Waals surface area contributed by atoms with Crippen LogP contribution in [0.3, 0.4) is 0 Å². The minimum Gasteiger partial charge on any atom is -0.491 e. The van der Waals surface area contributed by atoms with E-state index in [0.29, 0.717) is 25.7 Å². The fraction of sp³-hybridized carbons (Fsp3) is 0.654. The molecule has 2 aromatic rings. The number of fused-ring (bicyclic) bond motifs is 1. The number of benzene rings is 1. The van der Waals surface area contributed by atoms with Gasteiger partial charge in [0.1, 0.15) is 18.0 Å². The molecule has 1 saturated heterocycles. The summed E-state index contributed by atoms with van der Waals surface area (Å²) in [6.45, 7) is 8.63. The molecule has 1 amide bonds. The Hall–Kier alpha value is -3.00. The number of imidazole rings is 1. The Bertz CT molecular complexity index is 1200. The van der Waals surface area contributed by atoms with Gasteiger partial charge in [-0.3, -0.25) is 4.90 Å². The van der Waals surface area contributed by atoms with Crippen molar-refractivity contribution in [3.63, 3.8) is 0 Å². The number of halogens is 3. The van der Waals surface area contributed by atoms with Crippen molar-refractivity contribution in [2.75, 3.05) is 6.61 Å². The van der Waals surface area contributed by atoms with Crippen LogP contribution in [0.5, 0.6) is 5.75 Å². The van der Waals surface area contributed by atoms with Crippen molar-refractivity contribution >= 4 is 17.1 Å². The lowest BCUT2D eigenvalue weighted by Crippen LogP contribution is -2.54. The molecule has 1 aromatic carbocycles. The maximum absolute atomic E-state index is 14.1. The van der Waals surface area contributed by atoms with Crippen molar-refractivity contribution in [1.29, 1.82) is 5.26 Å². The average molecular weight is 523 g/mol. The maximum atomic E-state index is 14.1. The van der Waals surface area contributed by atoms with Gasteiger partial charge in [0.05, 0.1) is 46.6 Å². The molecule has 0 radical (unpaired) electrons. The summed E-state index contributed by atoms with van der Waals surface area (Å²) in [5.74, 6) is -0.340. The van der Waals surface area contributed by atoms with Gasteiger partial charge >= 0.3 is 12.3 Å². The Morgan fingerprint density at radius 3 is 2.51 bits per heavy atom. The third-order valence-electron chi connectivity index (χ3n) is 6.97. The van der Waals surface area contributed by atoms with Crippen molar-refractivity contribution in [3.8, 4) is 11.8 Å². The van der Waals surface area contributed by atoms with Crippen LogP contribution in [0.25, 0.3) is 11.0 Å². The van der Waals surface area contributed by atoms with Gasteiger partial charge in [-0.25, -0.2) is 9.78 Å². The highest BCUT2D eigenvalue weighted by atomic mass is 19.4. The molecule has 1 aliphatic heterocycles. The molecule has 1 unspecified atom stereocenters. The Balaban J connectivity index is 1.61. The summed E-state index contributed by atoms with van der Waals surface area (Å²) < 4.78 is 55.2. The third-order valence-corrected chi connectivity index (χ3v) is 6.97. The van der Waals surface area contributed by atoms with E-state index in [1.165, 1.54) is 21.9 Å². The summed E-state index contributed by atoms with van der Waals surface area (Å²) in [7, 11) is 0. The standard InChI is InChI=1S/C26H33F3N4O4/c1-15-6-16(12-30)7-17(33(15)23(34)37-24(2,3)4)13-36-19-8-20(26(27,28)29)22-21(9-19)31-14-32(22)18-10-25(5,35)11-18/h8-9,14-18,35H,6-7,10-11,13H2,1-5H3/t15-,16?,17-,18?,25?/m0/s1. The monoisotopic (exact) mass is 522 g/mol. The number of rotatable bonds is 4. The number of likely N-dealkylation sites (tertiary alicyclic amines) is 1. The van der Waals surface area contributed by atoms with Gasteiger partial charge in [-0.05, 0) is 66.4 Å². The summed E-state index contributed by atoms with van der Waals surface area (Å²) >= 11 is 0. The second kappa shape index (κ2) is 9.39. The number of carbonyl (C=O) groups excluding carboxylic acids is 1. The number of ether oxygens (including phenoxy) is 2. The highest BCUT2D eigenvalue weighted by Gasteiger charge is 2.43. The lowest BCUT2D eigenvalue weighted by atomic mass is 9.77. The highest BCUT2D eigenvalue weighted by Crippen LogP contribution is 2.45. The average Bonchev–Trinajstić information content (AvgIpc) is 3.16. The predicted molar refractivity (Wildman–Crippen MR) is 129 cm³/mol. The van der Waals surface area contributed by atoms with Gasteiger partial charge in [0.2, 0.25) is 0 Å². The van der Waals surface area contributed by atoms with Crippen LogP contribution in [-0.2, 0) is 10.9 Å². The molecule has 3 atom stereocenters. The van der Waals surface area contributed by atoms with Crippen LogP contribution >= 0.6 is 0 Å². The van der Waals surface area contributed by atoms with Crippen LogP contribution in [0.4, 0.5) is 18.0 Å². The number of carbonyl (C=O) groups is 1. The first-order valence-corrected chi connectivity index (χ1v) is 12.4. The normalized spacial score (nSPS) is 28.5. The minimum atomic E-state index is -4.66. The maximum Gasteiger partial charge on any atom is 0.418 e. The van der Waals surface area contributed by atoms with E-state index in [9.17, 15) is 28.3 Å². The first kappa shape index (κ1) is 27.0. The molecular formula is C26H33F3N4O4. The number of hydrogen-bond donors (Lipinski definition) is 1. The second-order valence-electron chi connectivity index (χ2n) is 11.5. The van der Waals surface area contributed by atoms with E-state index >= 15 is 0 Å². The summed E-state index contributed by atoms with van der Waals surface area (Å²) in [5, 5.41) is 19.6. The minimum absolute atomic E-state index is 0.0263. The van der Waals surface area contributed by atoms with Gasteiger partial charge in [0, 0.05) is 18.2 Å². The van der Waals surface area contributed by atoms with Crippen LogP contribution in [0.15, 0.2) is 18.5 Å². The third kappa shape index (κ3) is 5.79. The van der Waals surface area contributed by atoms with E-state index in [1.54, 1.807) is 27.7 Å². The van der Waals surface area contributed by atoms with E-state index in [0.717, 1.165) is 6.07 Å². The van der Waals surface area contributed by atoms with Gasteiger partial charge in [0.15, 0.2) is 0 Å². The number of alkyl halides is 3. The van der Waals surface area contributed by atoms with Crippen molar-refractivity contribution < 1.29 is 32.5 Å². The van der Waals surface area contributed by atoms with Gasteiger partial charge in [0.25, 0.3) is 0 Å². The zero-order valence-electron chi connectivity index (χ0n) is 21.7. The molecule has 0 spiro atoms. The number of aliphatic hydroxyl groups is 1. The van der Waals surface area contributed by atoms with E-state index in [-0.39, 0.29) is 41.4 Å². The molecule has 1 aliphatic carbocycles. The molecule has 37 heavy (non-hydrogen) atoms. The van der Waals surface area contributed by atoms with Crippen LogP contribution in [0.2, 0.25) is 0 Å². The van der Waals surface area contributed by atoms with Crippen molar-refractivity contribution in [2.45, 2.75) is 95.8 Å². The molecular weight excluding hydrogens is 489 g/mol. The number of nitriles is 1. The number of nitrogens with zero attached hydrogens (tertiary/aromatic N) is 4. The molecule has 4 rings (SSSR count). The lowest BCUT2D eigenvalue weighted by Gasteiger charge is -2.42. The smallest absolute Gasteiger partial charge is 0.418 e. The second-order valence-corrected chi connectivity index (χ2v) is 11.5. The Kier molecular flexibility index (Phi) is 6.86. The number of piperidine rings is 1. The van der Waals surface area contributed by atoms with Crippen LogP contribution in [0.1, 0.15) is 71.9 Å². The first-order valence-electron chi connectivity index (χ1n) is 12.4. The van der Waals surface area contributed by atoms with Crippen molar-refractivity contribution in [3.05, 3.63) is 24.0 Å². The molecule has 2 aliphatic rings. The van der Waals surface area contributed by atoms with E-state index in [1.807, 2.05) is 6.92 Å². The van der Waals surface area contributed by atoms with Gasteiger partial charge < -0.3 is 19.1 Å². The Morgan fingerprint density at radius 1 is 1.27 bits per heavy atom. The number of aromatic nitrogens is 2. The van der Waals surface area contributed by atoms with Gasteiger partial charge in [-0.2, -0.15) is 18.4 Å². The fourth-order valence-corrected chi connectivity index (χ4v) is 5.39. The van der Waals surface area contributed by atoms with E-state index in [2.05, 4.69) is 11.1 Å². The first-order chi connectivity index (χ1) is 17.1. The highest BCUT2D eigenvalue weighted by molar-refractivity contribution is 5.82. The molecule has 1 N–H and O–H groups in total. The molecule has 11 heteroatoms. The van der Waals surface area contributed by atoms with Crippen LogP contribution in [0, 0.1) is 17.2 Å². The van der Waals surface area contributed by atoms with E-state index < -0.39 is 35.1 Å². The zero-order valence-corrected chi connectivity index (χ0v) is 21.7. The number of hydrogen-bond acceptors (Lipinski definition) is 6. The molecule has 0 bridgehead atoms. The molecule has 1 saturated carbocycles. The van der Waals surface area contributed by atoms with Crippen molar-refractivity contribution in [1.82, 2.24) is 14.5 Å². The predicted octanol–water partition coefficient (Wildman–Crippen LogP) is 5.45. The molecule has 2 fully saturated rings. The molecule has 8 nitrogen and oxygen atoms in total. The Labute approximate surface area is 214 Å². The van der Waals surface area contributed by atoms with E-state index in [4.69, 9.17) is 9.47 Å². The topological polar surface area (TPSA) is 101 Å². The lowest BCUT2D eigenvalue weighted by molar-refractivity contribution is -0.136. The number of amides is 1. The van der Waals surface area contributed by atoms with Gasteiger partial charge in [-0.1, -0.05) is 0 Å². The fourth-order valence-electron chi connectivity index (χ4n) is 5.39. The van der Waals surface area contributed by atoms with Gasteiger partial charge in [-0.15, -0.1) is 0 Å². The van der Waals surface area contributed by atoms with Crippen LogP contribution < -0.4 is 4.74 Å². The van der Waals surface area contributed by atoms with Crippen molar-refractivity contribution in [2.24, 2.45) is 5.92 Å². The summed E-state index contributed by atoms with van der Waals surface area (Å²) in [6, 6.07) is 3.51. The molecule has 2 heterocycles. The summed E-state index contributed by atoms with van der Waals surface area (Å²) in [4.78, 5) is 18.7. The molecule has 1 aromatic heterocycles. The quantitative estimate of drug-likeness (QED) is 0.573. The summed E-state index contributed by atoms with van der Waals surface area (Å²) in [6.07, 6.45) is -2.36.